The molecule has 9 N–H and O–H groups in total. The van der Waals surface area contributed by atoms with Crippen LogP contribution in [0.15, 0.2) is 0 Å². The summed E-state index contributed by atoms with van der Waals surface area (Å²) in [5, 5.41) is 29.1. The summed E-state index contributed by atoms with van der Waals surface area (Å²) in [4.78, 5) is 0. The second-order valence-electron chi connectivity index (χ2n) is 19.3. The highest BCUT2D eigenvalue weighted by atomic mass is 32.2. The Balaban J connectivity index is 0.000000407. The van der Waals surface area contributed by atoms with Crippen LogP contribution < -0.4 is 47.9 Å². The Bertz CT molecular complexity index is 669. The number of hydrogen-bond acceptors (Lipinski definition) is 19. The van der Waals surface area contributed by atoms with Gasteiger partial charge >= 0.3 is 0 Å². The summed E-state index contributed by atoms with van der Waals surface area (Å²) in [6, 6.07) is 0. The Labute approximate surface area is 479 Å². The molecule has 19 heteroatoms. The van der Waals surface area contributed by atoms with Crippen molar-refractivity contribution in [2.45, 2.75) is 128 Å². The Hall–Kier alpha value is 0.800. The highest BCUT2D eigenvalue weighted by Gasteiger charge is 2.00. The maximum Gasteiger partial charge on any atom is 0.146 e. The van der Waals surface area contributed by atoms with E-state index in [1.165, 1.54) is 233 Å². The smallest absolute Gasteiger partial charge is 0.146 e. The highest BCUT2D eigenvalue weighted by Crippen LogP contribution is 2.15. The van der Waals surface area contributed by atoms with Gasteiger partial charge in [0.1, 0.15) is 6.79 Å². The predicted molar refractivity (Wildman–Crippen MR) is 333 cm³/mol. The van der Waals surface area contributed by atoms with Gasteiger partial charge in [0.2, 0.25) is 0 Å². The number of morpholine rings is 1. The molecular formula is C56H121N9O6S4. The van der Waals surface area contributed by atoms with Crippen molar-refractivity contribution in [2.75, 3.05) is 230 Å². The number of nitrogens with one attached hydrogen (secondary N) is 9. The van der Waals surface area contributed by atoms with E-state index in [1.807, 2.05) is 23.5 Å². The summed E-state index contributed by atoms with van der Waals surface area (Å²) < 4.78 is 29.6. The fourth-order valence-corrected chi connectivity index (χ4v) is 11.3. The maximum atomic E-state index is 5.13. The molecule has 0 amide bonds. The molecule has 13 aliphatic rings. The first-order valence-electron chi connectivity index (χ1n) is 30.6. The quantitative estimate of drug-likeness (QED) is 0.121. The minimum Gasteiger partial charge on any atom is -0.381 e. The summed E-state index contributed by atoms with van der Waals surface area (Å²) in [6.45, 7) is 29.6. The molecule has 13 fully saturated rings. The number of hydrogen-bond donors (Lipinski definition) is 9. The van der Waals surface area contributed by atoms with Crippen LogP contribution in [0.25, 0.3) is 0 Å². The van der Waals surface area contributed by atoms with E-state index in [2.05, 4.69) is 71.4 Å². The average molecular weight is 1140 g/mol. The zero-order valence-corrected chi connectivity index (χ0v) is 51.4. The van der Waals surface area contributed by atoms with Crippen LogP contribution in [0.1, 0.15) is 128 Å². The SMILES string of the molecule is C1CCCNCC1.C1CCNC1.C1CCNCC1.C1CCOC1.C1CCOCC1.C1CCSC1.C1CCSCC1.C1CNCCN1.C1CNCCOC1.C1COCCN1.C1COCO1.C1CSCCN1.C1CSCN1. The predicted octanol–water partition coefficient (Wildman–Crippen LogP) is 7.06. The normalized spacial score (nSPS) is 24.0. The summed E-state index contributed by atoms with van der Waals surface area (Å²) in [5.41, 5.74) is 0. The average Bonchev–Trinajstić information content (AvgIpc) is 4.40. The van der Waals surface area contributed by atoms with Crippen molar-refractivity contribution < 1.29 is 28.4 Å². The first kappa shape index (κ1) is 73.8. The molecule has 0 aromatic carbocycles. The number of ether oxygens (including phenoxy) is 6. The molecule has 0 spiro atoms. The van der Waals surface area contributed by atoms with Gasteiger partial charge in [-0.2, -0.15) is 35.3 Å². The second kappa shape index (κ2) is 70.9. The number of rotatable bonds is 0. The lowest BCUT2D eigenvalue weighted by atomic mass is 10.2. The van der Waals surface area contributed by atoms with E-state index in [4.69, 9.17) is 28.4 Å². The summed E-state index contributed by atoms with van der Waals surface area (Å²) in [6.07, 6.45) is 27.6. The van der Waals surface area contributed by atoms with Crippen LogP contribution in [0.2, 0.25) is 0 Å². The van der Waals surface area contributed by atoms with Crippen LogP contribution in [0.4, 0.5) is 0 Å². The molecule has 0 saturated carbocycles. The zero-order valence-electron chi connectivity index (χ0n) is 48.2. The highest BCUT2D eigenvalue weighted by molar-refractivity contribution is 8.00. The Morgan fingerprint density at radius 1 is 0.173 bits per heavy atom. The van der Waals surface area contributed by atoms with E-state index in [1.54, 1.807) is 0 Å². The van der Waals surface area contributed by atoms with Crippen molar-refractivity contribution in [3.63, 3.8) is 0 Å². The molecule has 13 heterocycles. The molecule has 0 unspecified atom stereocenters. The second-order valence-corrected chi connectivity index (χ2v) is 24.1. The van der Waals surface area contributed by atoms with E-state index >= 15 is 0 Å². The molecule has 0 aromatic rings. The van der Waals surface area contributed by atoms with E-state index in [0.29, 0.717) is 6.79 Å². The number of thioether (sulfide) groups is 4. The van der Waals surface area contributed by atoms with Gasteiger partial charge in [0.15, 0.2) is 0 Å². The van der Waals surface area contributed by atoms with Crippen molar-refractivity contribution >= 4 is 47.0 Å². The largest absolute Gasteiger partial charge is 0.381 e. The van der Waals surface area contributed by atoms with Gasteiger partial charge < -0.3 is 76.3 Å². The van der Waals surface area contributed by atoms with Gasteiger partial charge in [0, 0.05) is 122 Å². The van der Waals surface area contributed by atoms with E-state index < -0.39 is 0 Å². The van der Waals surface area contributed by atoms with Gasteiger partial charge in [-0.1, -0.05) is 25.7 Å². The topological polar surface area (TPSA) is 164 Å². The first-order valence-corrected chi connectivity index (χ1v) is 35.3. The van der Waals surface area contributed by atoms with Gasteiger partial charge in [-0.3, -0.25) is 0 Å². The van der Waals surface area contributed by atoms with Crippen molar-refractivity contribution in [1.29, 1.82) is 0 Å². The zero-order chi connectivity index (χ0) is 53.0. The third kappa shape index (κ3) is 69.0. The fraction of sp³-hybridized carbons (Fsp3) is 1.00. The van der Waals surface area contributed by atoms with Crippen molar-refractivity contribution in [1.82, 2.24) is 47.9 Å². The summed E-state index contributed by atoms with van der Waals surface area (Å²) in [5.74, 6) is 10.8. The van der Waals surface area contributed by atoms with Gasteiger partial charge in [-0.05, 0) is 172 Å². The van der Waals surface area contributed by atoms with Gasteiger partial charge in [0.25, 0.3) is 0 Å². The number of piperidine rings is 1. The Morgan fingerprint density at radius 3 is 0.747 bits per heavy atom. The van der Waals surface area contributed by atoms with Crippen LogP contribution in [0.5, 0.6) is 0 Å². The lowest BCUT2D eigenvalue weighted by Crippen LogP contribution is -2.39. The maximum absolute atomic E-state index is 5.13. The third-order valence-electron chi connectivity index (χ3n) is 12.3. The van der Waals surface area contributed by atoms with Gasteiger partial charge in [-0.25, -0.2) is 0 Å². The minimum atomic E-state index is 0.500. The third-order valence-corrected chi connectivity index (χ3v) is 16.5. The van der Waals surface area contributed by atoms with Crippen LogP contribution in [-0.2, 0) is 28.4 Å². The van der Waals surface area contributed by atoms with Gasteiger partial charge in [0.05, 0.1) is 33.0 Å². The molecule has 0 aliphatic carbocycles. The summed E-state index contributed by atoms with van der Waals surface area (Å²) in [7, 11) is 0. The number of piperazine rings is 1. The summed E-state index contributed by atoms with van der Waals surface area (Å²) >= 11 is 8.16. The minimum absolute atomic E-state index is 0.500. The van der Waals surface area contributed by atoms with E-state index in [0.717, 1.165) is 118 Å². The molecule has 15 nitrogen and oxygen atoms in total. The Morgan fingerprint density at radius 2 is 0.467 bits per heavy atom. The van der Waals surface area contributed by atoms with E-state index in [9.17, 15) is 0 Å². The molecule has 13 rings (SSSR count). The van der Waals surface area contributed by atoms with Crippen molar-refractivity contribution in [3.05, 3.63) is 0 Å². The van der Waals surface area contributed by atoms with E-state index in [-0.39, 0.29) is 0 Å². The van der Waals surface area contributed by atoms with Crippen molar-refractivity contribution in [3.8, 4) is 0 Å². The molecule has 450 valence electrons. The standard InChI is InChI=1S/C6H13N.C5H11NO.C5H11N.C5H10O.C5H10S.C4H10N2.C4H9NO.C4H9NS.C4H9N.C4H8O.C4H8S.C3H7NS.C3H6O2/c1-2-4-6-7-5-3-1;1-2-6-3-5-7-4-1;3*1-2-4-6-5-3-1;1-2-6-4-3-5-1;2*1-3-6-4-2-5-1;3*1-2-4-5-3-1;2*1-2-5-3-4-1/h7H,1-6H2;6H,1-5H2;6H,1-5H2;2*1-5H2;5-6H,1-4H2;2*5H,1-4H2;5H,1-4H2;2*1-4H2;4H,1-3H2;1-3H2. The molecule has 0 radical (unpaired) electrons. The van der Waals surface area contributed by atoms with Crippen molar-refractivity contribution in [2.24, 2.45) is 0 Å². The van der Waals surface area contributed by atoms with Crippen LogP contribution in [-0.4, -0.2) is 230 Å². The first-order chi connectivity index (χ1) is 37.5. The van der Waals surface area contributed by atoms with Gasteiger partial charge in [-0.15, -0.1) is 11.8 Å². The van der Waals surface area contributed by atoms with Crippen LogP contribution in [0.3, 0.4) is 0 Å². The van der Waals surface area contributed by atoms with Crippen LogP contribution in [0, 0.1) is 0 Å². The molecule has 0 atom stereocenters. The Kier molecular flexibility index (Phi) is 69.8. The molecule has 13 saturated heterocycles. The van der Waals surface area contributed by atoms with Crippen LogP contribution >= 0.6 is 47.0 Å². The lowest BCUT2D eigenvalue weighted by Gasteiger charge is -2.11. The molecule has 13 aliphatic heterocycles. The fourth-order valence-electron chi connectivity index (χ4n) is 7.76. The monoisotopic (exact) mass is 1140 g/mol. The molecule has 0 bridgehead atoms. The molecule has 75 heavy (non-hydrogen) atoms. The lowest BCUT2D eigenvalue weighted by molar-refractivity contribution is 0.0692. The molecular weight excluding hydrogens is 1020 g/mol. The molecule has 0 aromatic heterocycles.